The largest absolute Gasteiger partial charge is 0.492 e. The van der Waals surface area contributed by atoms with Crippen LogP contribution in [0.3, 0.4) is 0 Å². The van der Waals surface area contributed by atoms with Crippen LogP contribution in [0.2, 0.25) is 0 Å². The molecule has 39 heavy (non-hydrogen) atoms. The number of ether oxygens (including phenoxy) is 2. The molecule has 5 aromatic rings. The molecule has 0 radical (unpaired) electrons. The molecule has 8 heteroatoms. The molecule has 1 heterocycles. The van der Waals surface area contributed by atoms with Crippen molar-refractivity contribution >= 4 is 11.8 Å². The number of nitrogens with one attached hydrogen (secondary N) is 1. The summed E-state index contributed by atoms with van der Waals surface area (Å²) in [6.07, 6.45) is -0.826. The minimum absolute atomic E-state index is 0.105. The smallest absolute Gasteiger partial charge is 0.417 e. The van der Waals surface area contributed by atoms with E-state index in [0.29, 0.717) is 24.6 Å². The van der Waals surface area contributed by atoms with Crippen LogP contribution < -0.4 is 14.8 Å². The maximum Gasteiger partial charge on any atom is 0.417 e. The van der Waals surface area contributed by atoms with Gasteiger partial charge in [0, 0.05) is 22.9 Å². The van der Waals surface area contributed by atoms with Gasteiger partial charge in [0.05, 0.1) is 17.9 Å². The highest BCUT2D eigenvalue weighted by Gasteiger charge is 2.18. The van der Waals surface area contributed by atoms with Crippen LogP contribution in [0.4, 0.5) is 19.3 Å². The van der Waals surface area contributed by atoms with Crippen molar-refractivity contribution in [3.8, 4) is 34.0 Å². The van der Waals surface area contributed by atoms with Crippen molar-refractivity contribution in [3.05, 3.63) is 121 Å². The third-order valence-electron chi connectivity index (χ3n) is 6.04. The van der Waals surface area contributed by atoms with E-state index in [1.54, 1.807) is 24.3 Å². The van der Waals surface area contributed by atoms with Crippen molar-refractivity contribution in [3.63, 3.8) is 0 Å². The Morgan fingerprint density at radius 1 is 0.821 bits per heavy atom. The van der Waals surface area contributed by atoms with Crippen molar-refractivity contribution in [1.29, 1.82) is 0 Å². The van der Waals surface area contributed by atoms with Gasteiger partial charge in [0.25, 0.3) is 0 Å². The summed E-state index contributed by atoms with van der Waals surface area (Å²) < 4.78 is 39.5. The third-order valence-corrected chi connectivity index (χ3v) is 6.04. The second-order valence-electron chi connectivity index (χ2n) is 8.70. The first-order chi connectivity index (χ1) is 19.0. The summed E-state index contributed by atoms with van der Waals surface area (Å²) in [6, 6.07) is 29.9. The molecule has 0 saturated heterocycles. The summed E-state index contributed by atoms with van der Waals surface area (Å²) in [5, 5.41) is 2.54. The van der Waals surface area contributed by atoms with E-state index in [0.717, 1.165) is 40.5 Å². The second kappa shape index (κ2) is 11.6. The lowest BCUT2D eigenvalue weighted by molar-refractivity contribution is 0.215. The standard InChI is InChI=1S/C31H25F2N3O3/c1-21-34-29(22-8-4-2-5-9-22)30(23-10-6-3-7-11-23)36(21)18-19-38-25-14-12-24(13-15-25)35-31(37)39-26-16-17-27(32)28(33)20-26/h2-17,20H,18-19H2,1H3,(H,35,37). The van der Waals surface area contributed by atoms with Gasteiger partial charge in [-0.05, 0) is 43.3 Å². The lowest BCUT2D eigenvalue weighted by Gasteiger charge is -2.13. The number of carbonyl (C=O) groups excluding carboxylic acids is 1. The zero-order valence-electron chi connectivity index (χ0n) is 21.1. The number of rotatable bonds is 8. The molecule has 0 aliphatic rings. The molecule has 0 fully saturated rings. The first-order valence-electron chi connectivity index (χ1n) is 12.3. The molecule has 0 unspecified atom stereocenters. The van der Waals surface area contributed by atoms with E-state index < -0.39 is 17.7 Å². The predicted molar refractivity (Wildman–Crippen MR) is 146 cm³/mol. The quantitative estimate of drug-likeness (QED) is 0.228. The van der Waals surface area contributed by atoms with Crippen molar-refractivity contribution < 1.29 is 23.0 Å². The molecule has 0 aliphatic carbocycles. The summed E-state index contributed by atoms with van der Waals surface area (Å²) in [4.78, 5) is 17.0. The Bertz CT molecular complexity index is 1570. The fraction of sp³-hybridized carbons (Fsp3) is 0.0968. The van der Waals surface area contributed by atoms with Crippen molar-refractivity contribution in [2.45, 2.75) is 13.5 Å². The average molecular weight is 526 g/mol. The average Bonchev–Trinajstić information content (AvgIpc) is 3.28. The fourth-order valence-corrected chi connectivity index (χ4v) is 4.20. The highest BCUT2D eigenvalue weighted by atomic mass is 19.2. The highest BCUT2D eigenvalue weighted by molar-refractivity contribution is 5.86. The Morgan fingerprint density at radius 2 is 1.46 bits per heavy atom. The zero-order chi connectivity index (χ0) is 27.2. The normalized spacial score (nSPS) is 10.7. The van der Waals surface area contributed by atoms with E-state index in [9.17, 15) is 13.6 Å². The Morgan fingerprint density at radius 3 is 2.13 bits per heavy atom. The van der Waals surface area contributed by atoms with E-state index in [4.69, 9.17) is 14.5 Å². The number of aryl methyl sites for hydroxylation is 1. The number of amides is 1. The van der Waals surface area contributed by atoms with Gasteiger partial charge in [0.15, 0.2) is 11.6 Å². The van der Waals surface area contributed by atoms with Gasteiger partial charge in [-0.2, -0.15) is 0 Å². The van der Waals surface area contributed by atoms with Gasteiger partial charge < -0.3 is 14.0 Å². The first-order valence-corrected chi connectivity index (χ1v) is 12.3. The Kier molecular flexibility index (Phi) is 7.63. The van der Waals surface area contributed by atoms with Crippen LogP contribution in [-0.2, 0) is 6.54 Å². The fourth-order valence-electron chi connectivity index (χ4n) is 4.20. The Hall–Kier alpha value is -4.98. The summed E-state index contributed by atoms with van der Waals surface area (Å²) in [5.74, 6) is -0.715. The van der Waals surface area contributed by atoms with E-state index in [2.05, 4.69) is 34.1 Å². The lowest BCUT2D eigenvalue weighted by atomic mass is 10.0. The van der Waals surface area contributed by atoms with Crippen LogP contribution in [0.5, 0.6) is 11.5 Å². The van der Waals surface area contributed by atoms with Gasteiger partial charge in [0.2, 0.25) is 0 Å². The minimum Gasteiger partial charge on any atom is -0.492 e. The molecule has 4 aromatic carbocycles. The number of aromatic nitrogens is 2. The van der Waals surface area contributed by atoms with E-state index in [1.165, 1.54) is 6.07 Å². The van der Waals surface area contributed by atoms with Crippen LogP contribution in [0.1, 0.15) is 5.82 Å². The van der Waals surface area contributed by atoms with E-state index in [-0.39, 0.29) is 5.75 Å². The molecule has 0 atom stereocenters. The van der Waals surface area contributed by atoms with Crippen LogP contribution in [-0.4, -0.2) is 22.3 Å². The van der Waals surface area contributed by atoms with Gasteiger partial charge in [-0.15, -0.1) is 0 Å². The third kappa shape index (κ3) is 6.13. The summed E-state index contributed by atoms with van der Waals surface area (Å²) >= 11 is 0. The molecule has 1 amide bonds. The first kappa shape index (κ1) is 25.7. The molecule has 1 aromatic heterocycles. The maximum absolute atomic E-state index is 13.3. The van der Waals surface area contributed by atoms with Gasteiger partial charge in [-0.1, -0.05) is 60.7 Å². The van der Waals surface area contributed by atoms with Crippen molar-refractivity contribution in [1.82, 2.24) is 9.55 Å². The molecule has 0 aliphatic heterocycles. The Balaban J connectivity index is 1.24. The molecular weight excluding hydrogens is 500 g/mol. The Labute approximate surface area is 224 Å². The van der Waals surface area contributed by atoms with Gasteiger partial charge in [-0.25, -0.2) is 18.6 Å². The number of imidazole rings is 1. The van der Waals surface area contributed by atoms with Crippen molar-refractivity contribution in [2.24, 2.45) is 0 Å². The van der Waals surface area contributed by atoms with Crippen LogP contribution in [0.15, 0.2) is 103 Å². The van der Waals surface area contributed by atoms with E-state index >= 15 is 0 Å². The number of nitrogens with zero attached hydrogens (tertiary/aromatic N) is 2. The zero-order valence-corrected chi connectivity index (χ0v) is 21.1. The monoisotopic (exact) mass is 525 g/mol. The minimum atomic E-state index is -1.10. The number of hydrogen-bond donors (Lipinski definition) is 1. The maximum atomic E-state index is 13.3. The van der Waals surface area contributed by atoms with Crippen LogP contribution >= 0.6 is 0 Å². The molecule has 0 bridgehead atoms. The summed E-state index contributed by atoms with van der Waals surface area (Å²) in [6.45, 7) is 2.96. The van der Waals surface area contributed by atoms with Crippen molar-refractivity contribution in [2.75, 3.05) is 11.9 Å². The molecule has 196 valence electrons. The topological polar surface area (TPSA) is 65.4 Å². The number of halogens is 2. The SMILES string of the molecule is Cc1nc(-c2ccccc2)c(-c2ccccc2)n1CCOc1ccc(NC(=O)Oc2ccc(F)c(F)c2)cc1. The number of hydrogen-bond acceptors (Lipinski definition) is 4. The molecule has 5 rings (SSSR count). The van der Waals surface area contributed by atoms with Gasteiger partial charge in [0.1, 0.15) is 23.9 Å². The number of carbonyl (C=O) groups is 1. The lowest BCUT2D eigenvalue weighted by Crippen LogP contribution is -2.16. The number of benzene rings is 4. The molecule has 6 nitrogen and oxygen atoms in total. The molecule has 1 N–H and O–H groups in total. The predicted octanol–water partition coefficient (Wildman–Crippen LogP) is 7.49. The highest BCUT2D eigenvalue weighted by Crippen LogP contribution is 2.32. The number of anilines is 1. The second-order valence-corrected chi connectivity index (χ2v) is 8.70. The molecule has 0 spiro atoms. The van der Waals surface area contributed by atoms with Gasteiger partial charge >= 0.3 is 6.09 Å². The van der Waals surface area contributed by atoms with E-state index in [1.807, 2.05) is 43.3 Å². The molecular formula is C31H25F2N3O3. The summed E-state index contributed by atoms with van der Waals surface area (Å²) in [5.41, 5.74) is 4.53. The van der Waals surface area contributed by atoms with Crippen LogP contribution in [0.25, 0.3) is 22.5 Å². The van der Waals surface area contributed by atoms with Crippen LogP contribution in [0, 0.1) is 18.6 Å². The van der Waals surface area contributed by atoms with Gasteiger partial charge in [-0.3, -0.25) is 5.32 Å². The summed E-state index contributed by atoms with van der Waals surface area (Å²) in [7, 11) is 0. The molecule has 0 saturated carbocycles.